The number of hydrogen-bond donors (Lipinski definition) is 1. The number of thioether (sulfide) groups is 1. The van der Waals surface area contributed by atoms with Crippen LogP contribution in [-0.4, -0.2) is 34.3 Å². The van der Waals surface area contributed by atoms with E-state index in [0.29, 0.717) is 27.9 Å². The molecule has 1 unspecified atom stereocenters. The molecule has 0 saturated heterocycles. The molecule has 0 aliphatic rings. The summed E-state index contributed by atoms with van der Waals surface area (Å²) in [7, 11) is 1.61. The van der Waals surface area contributed by atoms with Crippen LogP contribution in [0.3, 0.4) is 0 Å². The van der Waals surface area contributed by atoms with E-state index in [1.807, 2.05) is 31.4 Å². The third-order valence-electron chi connectivity index (χ3n) is 4.93. The minimum absolute atomic E-state index is 0.141. The van der Waals surface area contributed by atoms with E-state index in [1.165, 1.54) is 0 Å². The van der Waals surface area contributed by atoms with Gasteiger partial charge in [0.15, 0.2) is 11.6 Å². The van der Waals surface area contributed by atoms with E-state index >= 15 is 0 Å². The van der Waals surface area contributed by atoms with Gasteiger partial charge in [-0.25, -0.2) is 0 Å². The molecule has 1 atom stereocenters. The molecule has 0 fully saturated rings. The fourth-order valence-electron chi connectivity index (χ4n) is 3.55. The summed E-state index contributed by atoms with van der Waals surface area (Å²) in [4.78, 5) is 21.5. The molecule has 30 heavy (non-hydrogen) atoms. The summed E-state index contributed by atoms with van der Waals surface area (Å²) in [6.07, 6.45) is 1.96. The van der Waals surface area contributed by atoms with Gasteiger partial charge in [-0.2, -0.15) is 16.7 Å². The van der Waals surface area contributed by atoms with Gasteiger partial charge in [0.25, 0.3) is 0 Å². The normalized spacial score (nSPS) is 12.3. The standard InChI is InChI=1S/C22H20ClN3O3S/c1-12-19(16-10-15(28-2)8-9-17(16)24-12)20(22-25-18(11-30-3)26-29-22)21(27)13-4-6-14(23)7-5-13/h4-10,20,24H,11H2,1-3H3. The molecule has 2 heterocycles. The Morgan fingerprint density at radius 1 is 1.27 bits per heavy atom. The Morgan fingerprint density at radius 2 is 2.03 bits per heavy atom. The van der Waals surface area contributed by atoms with Crippen molar-refractivity contribution in [1.29, 1.82) is 0 Å². The molecular formula is C22H20ClN3O3S. The highest BCUT2D eigenvalue weighted by atomic mass is 35.5. The number of nitrogens with one attached hydrogen (secondary N) is 1. The van der Waals surface area contributed by atoms with Crippen LogP contribution in [0.5, 0.6) is 5.75 Å². The Balaban J connectivity index is 1.91. The summed E-state index contributed by atoms with van der Waals surface area (Å²) in [5, 5.41) is 5.50. The Bertz CT molecular complexity index is 1200. The number of rotatable bonds is 7. The summed E-state index contributed by atoms with van der Waals surface area (Å²) < 4.78 is 11.0. The van der Waals surface area contributed by atoms with Crippen molar-refractivity contribution in [2.45, 2.75) is 18.6 Å². The molecular weight excluding hydrogens is 422 g/mol. The molecule has 2 aromatic heterocycles. The molecule has 0 saturated carbocycles. The van der Waals surface area contributed by atoms with Gasteiger partial charge in [0.1, 0.15) is 11.7 Å². The number of aromatic nitrogens is 3. The number of fused-ring (bicyclic) bond motifs is 1. The molecule has 0 aliphatic heterocycles. The van der Waals surface area contributed by atoms with Gasteiger partial charge >= 0.3 is 0 Å². The van der Waals surface area contributed by atoms with Crippen molar-refractivity contribution in [3.63, 3.8) is 0 Å². The Morgan fingerprint density at radius 3 is 2.73 bits per heavy atom. The summed E-state index contributed by atoms with van der Waals surface area (Å²) >= 11 is 7.60. The van der Waals surface area contributed by atoms with Crippen LogP contribution in [-0.2, 0) is 5.75 Å². The number of nitrogens with zero attached hydrogens (tertiary/aromatic N) is 2. The van der Waals surface area contributed by atoms with Crippen molar-refractivity contribution in [2.24, 2.45) is 0 Å². The lowest BCUT2D eigenvalue weighted by molar-refractivity contribution is 0.0961. The highest BCUT2D eigenvalue weighted by molar-refractivity contribution is 7.97. The predicted molar refractivity (Wildman–Crippen MR) is 119 cm³/mol. The van der Waals surface area contributed by atoms with Crippen LogP contribution in [0, 0.1) is 6.92 Å². The van der Waals surface area contributed by atoms with Crippen LogP contribution < -0.4 is 4.74 Å². The van der Waals surface area contributed by atoms with Gasteiger partial charge in [-0.15, -0.1) is 0 Å². The van der Waals surface area contributed by atoms with Gasteiger partial charge in [-0.3, -0.25) is 4.79 Å². The lowest BCUT2D eigenvalue weighted by atomic mass is 9.88. The molecule has 0 spiro atoms. The fourth-order valence-corrected chi connectivity index (χ4v) is 4.05. The summed E-state index contributed by atoms with van der Waals surface area (Å²) in [6.45, 7) is 1.93. The Hall–Kier alpha value is -2.77. The number of benzene rings is 2. The number of hydrogen-bond acceptors (Lipinski definition) is 6. The second-order valence-electron chi connectivity index (χ2n) is 6.86. The first kappa shape index (κ1) is 20.5. The van der Waals surface area contributed by atoms with Crippen LogP contribution in [0.15, 0.2) is 47.0 Å². The molecule has 8 heteroatoms. The largest absolute Gasteiger partial charge is 0.497 e. The molecule has 1 N–H and O–H groups in total. The number of aromatic amines is 1. The van der Waals surface area contributed by atoms with Crippen LogP contribution in [0.2, 0.25) is 5.02 Å². The van der Waals surface area contributed by atoms with Gasteiger partial charge in [-0.05, 0) is 55.6 Å². The maximum atomic E-state index is 13.7. The molecule has 0 aliphatic carbocycles. The van der Waals surface area contributed by atoms with Crippen LogP contribution in [0.1, 0.15) is 39.2 Å². The van der Waals surface area contributed by atoms with Crippen molar-refractivity contribution in [3.8, 4) is 5.75 Å². The van der Waals surface area contributed by atoms with Gasteiger partial charge in [-0.1, -0.05) is 16.8 Å². The number of halogens is 1. The first-order valence-electron chi connectivity index (χ1n) is 9.29. The van der Waals surface area contributed by atoms with Crippen LogP contribution in [0.4, 0.5) is 0 Å². The van der Waals surface area contributed by atoms with E-state index in [9.17, 15) is 4.79 Å². The van der Waals surface area contributed by atoms with Crippen molar-refractivity contribution in [1.82, 2.24) is 15.1 Å². The molecule has 154 valence electrons. The Labute approximate surface area is 183 Å². The number of ketones is 1. The molecule has 4 rings (SSSR count). The first-order valence-corrected chi connectivity index (χ1v) is 11.1. The highest BCUT2D eigenvalue weighted by Crippen LogP contribution is 2.37. The van der Waals surface area contributed by atoms with E-state index in [-0.39, 0.29) is 11.7 Å². The second kappa shape index (κ2) is 8.53. The summed E-state index contributed by atoms with van der Waals surface area (Å²) in [5.74, 6) is 1.24. The molecule has 0 bridgehead atoms. The monoisotopic (exact) mass is 441 g/mol. The predicted octanol–water partition coefficient (Wildman–Crippen LogP) is 5.40. The number of methoxy groups -OCH3 is 1. The van der Waals surface area contributed by atoms with Crippen molar-refractivity contribution >= 4 is 40.0 Å². The summed E-state index contributed by atoms with van der Waals surface area (Å²) in [6, 6.07) is 12.5. The quantitative estimate of drug-likeness (QED) is 0.387. The number of ether oxygens (including phenoxy) is 1. The third-order valence-corrected chi connectivity index (χ3v) is 5.73. The number of Topliss-reactive ketones (excluding diaryl/α,β-unsaturated/α-hetero) is 1. The first-order chi connectivity index (χ1) is 14.5. The molecule has 2 aromatic carbocycles. The molecule has 0 radical (unpaired) electrons. The molecule has 0 amide bonds. The van der Waals surface area contributed by atoms with Crippen molar-refractivity contribution in [2.75, 3.05) is 13.4 Å². The average Bonchev–Trinajstić information content (AvgIpc) is 3.33. The topological polar surface area (TPSA) is 81.0 Å². The van der Waals surface area contributed by atoms with E-state index < -0.39 is 5.92 Å². The van der Waals surface area contributed by atoms with E-state index in [4.69, 9.17) is 20.9 Å². The lowest BCUT2D eigenvalue weighted by Gasteiger charge is -2.13. The number of carbonyl (C=O) groups is 1. The smallest absolute Gasteiger partial charge is 0.242 e. The summed E-state index contributed by atoms with van der Waals surface area (Å²) in [5.41, 5.74) is 3.07. The zero-order chi connectivity index (χ0) is 21.3. The second-order valence-corrected chi connectivity index (χ2v) is 8.16. The van der Waals surface area contributed by atoms with Gasteiger partial charge in [0.05, 0.1) is 12.9 Å². The minimum Gasteiger partial charge on any atom is -0.497 e. The maximum Gasteiger partial charge on any atom is 0.242 e. The van der Waals surface area contributed by atoms with Crippen LogP contribution in [0.25, 0.3) is 10.9 Å². The zero-order valence-corrected chi connectivity index (χ0v) is 18.3. The minimum atomic E-state index is -0.755. The van der Waals surface area contributed by atoms with E-state index in [2.05, 4.69) is 15.1 Å². The lowest BCUT2D eigenvalue weighted by Crippen LogP contribution is -2.16. The SMILES string of the molecule is COc1ccc2[nH]c(C)c(C(C(=O)c3ccc(Cl)cc3)c3nc(CSC)no3)c2c1. The third kappa shape index (κ3) is 3.82. The van der Waals surface area contributed by atoms with Crippen molar-refractivity contribution in [3.05, 3.63) is 76.0 Å². The number of carbonyl (C=O) groups excluding carboxylic acids is 1. The van der Waals surface area contributed by atoms with Gasteiger partial charge in [0.2, 0.25) is 5.89 Å². The average molecular weight is 442 g/mol. The van der Waals surface area contributed by atoms with Gasteiger partial charge in [0, 0.05) is 32.7 Å². The number of aryl methyl sites for hydroxylation is 1. The zero-order valence-electron chi connectivity index (χ0n) is 16.7. The van der Waals surface area contributed by atoms with Crippen molar-refractivity contribution < 1.29 is 14.1 Å². The Kier molecular flexibility index (Phi) is 5.83. The highest BCUT2D eigenvalue weighted by Gasteiger charge is 2.33. The fraction of sp³-hybridized carbons (Fsp3) is 0.227. The van der Waals surface area contributed by atoms with Gasteiger partial charge < -0.3 is 14.2 Å². The van der Waals surface area contributed by atoms with Crippen LogP contribution >= 0.6 is 23.4 Å². The van der Waals surface area contributed by atoms with E-state index in [0.717, 1.165) is 22.2 Å². The maximum absolute atomic E-state index is 13.7. The van der Waals surface area contributed by atoms with E-state index in [1.54, 1.807) is 43.1 Å². The molecule has 4 aromatic rings. The molecule has 6 nitrogen and oxygen atoms in total. The number of H-pyrrole nitrogens is 1.